The van der Waals surface area contributed by atoms with Crippen LogP contribution in [0.3, 0.4) is 0 Å². The third-order valence-electron chi connectivity index (χ3n) is 11.2. The van der Waals surface area contributed by atoms with Crippen LogP contribution in [0, 0.1) is 13.8 Å². The fourth-order valence-corrected chi connectivity index (χ4v) is 8.71. The van der Waals surface area contributed by atoms with Gasteiger partial charge in [0.1, 0.15) is 39.3 Å². The van der Waals surface area contributed by atoms with Gasteiger partial charge in [0.15, 0.2) is 0 Å². The van der Waals surface area contributed by atoms with E-state index in [9.17, 15) is 33.9 Å². The summed E-state index contributed by atoms with van der Waals surface area (Å²) in [6, 6.07) is 7.86. The number of aryl methyl sites for hydroxylation is 4. The van der Waals surface area contributed by atoms with E-state index in [1.54, 1.807) is 46.0 Å². The summed E-state index contributed by atoms with van der Waals surface area (Å²) in [4.78, 5) is 93.6. The highest BCUT2D eigenvalue weighted by Gasteiger charge is 2.26. The fourth-order valence-electron chi connectivity index (χ4n) is 7.80. The number of amides is 6. The summed E-state index contributed by atoms with van der Waals surface area (Å²) >= 11 is 1.26. The van der Waals surface area contributed by atoms with Crippen molar-refractivity contribution >= 4 is 80.7 Å². The van der Waals surface area contributed by atoms with Crippen molar-refractivity contribution in [1.29, 1.82) is 0 Å². The molecule has 0 aliphatic carbocycles. The van der Waals surface area contributed by atoms with Gasteiger partial charge < -0.3 is 40.1 Å². The number of nitrogens with one attached hydrogen (secondary N) is 2. The number of primary amides is 1. The molecule has 6 amide bonds. The summed E-state index contributed by atoms with van der Waals surface area (Å²) in [5.74, 6) is -1.88. The molecule has 0 bridgehead atoms. The van der Waals surface area contributed by atoms with Crippen LogP contribution in [-0.4, -0.2) is 118 Å². The lowest BCUT2D eigenvalue weighted by Crippen LogP contribution is -2.36. The number of aliphatic hydroxyl groups excluding tert-OH is 1. The number of aromatic nitrogens is 7. The molecule has 7 rings (SSSR count). The first-order valence-electron chi connectivity index (χ1n) is 22.1. The van der Waals surface area contributed by atoms with Gasteiger partial charge in [-0.25, -0.2) is 15.0 Å². The smallest absolute Gasteiger partial charge is 0.276 e. The van der Waals surface area contributed by atoms with Gasteiger partial charge in [0.2, 0.25) is 23.7 Å². The molecule has 0 spiro atoms. The summed E-state index contributed by atoms with van der Waals surface area (Å²) in [7, 11) is 3.06. The highest BCUT2D eigenvalue weighted by molar-refractivity contribution is 7.13. The van der Waals surface area contributed by atoms with Gasteiger partial charge in [-0.1, -0.05) is 19.1 Å². The van der Waals surface area contributed by atoms with Gasteiger partial charge in [0, 0.05) is 69.5 Å². The van der Waals surface area contributed by atoms with Crippen molar-refractivity contribution in [3.63, 3.8) is 0 Å². The number of thiazole rings is 1. The molecule has 1 aliphatic rings. The number of nitrogens with zero attached hydrogens (tertiary/aromatic N) is 9. The lowest BCUT2D eigenvalue weighted by atomic mass is 10.1. The Morgan fingerprint density at radius 3 is 2.14 bits per heavy atom. The maximum atomic E-state index is 13.9. The lowest BCUT2D eigenvalue weighted by molar-refractivity contribution is -0.138. The molecule has 6 aromatic rings. The van der Waals surface area contributed by atoms with Gasteiger partial charge in [-0.15, -0.1) is 11.3 Å². The summed E-state index contributed by atoms with van der Waals surface area (Å²) < 4.78 is 17.1. The minimum absolute atomic E-state index is 0.0370. The number of imidazole rings is 2. The van der Waals surface area contributed by atoms with E-state index in [-0.39, 0.29) is 74.1 Å². The minimum atomic E-state index is -1.40. The van der Waals surface area contributed by atoms with E-state index in [1.807, 2.05) is 32.9 Å². The number of hydrogen-bond acceptors (Lipinski definition) is 15. The SMILES string of the molecule is CCc1nc(C)sc1C(=O)Nc1nc2cc(C(N)O)cc(OCCCN(C)C(=O)CCN3C(=O)C=CC3=O)c2n1C/C=C/Cn1c(NC(=O)c2cc(C)nn2CC)nc2cc(C(N)=O)cc(OC)c21. The second-order valence-electron chi connectivity index (χ2n) is 16.0. The van der Waals surface area contributed by atoms with E-state index in [0.717, 1.165) is 9.91 Å². The topological polar surface area (TPSA) is 290 Å². The Bertz CT molecular complexity index is 3030. The highest BCUT2D eigenvalue weighted by Crippen LogP contribution is 2.34. The molecule has 0 radical (unpaired) electrons. The molecular weight excluding hydrogens is 911 g/mol. The molecule has 2 aromatic carbocycles. The second-order valence-corrected chi connectivity index (χ2v) is 17.2. The van der Waals surface area contributed by atoms with Crippen LogP contribution in [0.2, 0.25) is 0 Å². The van der Waals surface area contributed by atoms with Gasteiger partial charge in [0.05, 0.1) is 41.1 Å². The molecule has 362 valence electrons. The first kappa shape index (κ1) is 49.2. The van der Waals surface area contributed by atoms with Gasteiger partial charge >= 0.3 is 0 Å². The van der Waals surface area contributed by atoms with Crippen LogP contribution < -0.4 is 31.6 Å². The van der Waals surface area contributed by atoms with Crippen molar-refractivity contribution in [2.75, 3.05) is 44.5 Å². The second kappa shape index (κ2) is 21.0. The predicted molar refractivity (Wildman–Crippen MR) is 256 cm³/mol. The van der Waals surface area contributed by atoms with Crippen LogP contribution in [0.15, 0.2) is 54.6 Å². The van der Waals surface area contributed by atoms with Crippen molar-refractivity contribution in [3.8, 4) is 11.5 Å². The Morgan fingerprint density at radius 1 is 0.899 bits per heavy atom. The third kappa shape index (κ3) is 10.7. The van der Waals surface area contributed by atoms with Crippen LogP contribution in [0.1, 0.15) is 85.4 Å². The summed E-state index contributed by atoms with van der Waals surface area (Å²) in [5.41, 5.74) is 15.3. The van der Waals surface area contributed by atoms with E-state index in [2.05, 4.69) is 25.7 Å². The zero-order chi connectivity index (χ0) is 49.7. The minimum Gasteiger partial charge on any atom is -0.494 e. The van der Waals surface area contributed by atoms with Crippen molar-refractivity contribution in [3.05, 3.63) is 92.7 Å². The molecule has 7 N–H and O–H groups in total. The van der Waals surface area contributed by atoms with E-state index >= 15 is 0 Å². The number of benzene rings is 2. The number of carbonyl (C=O) groups is 6. The molecule has 22 nitrogen and oxygen atoms in total. The van der Waals surface area contributed by atoms with Crippen LogP contribution in [0.25, 0.3) is 22.1 Å². The quantitative estimate of drug-likeness (QED) is 0.0298. The van der Waals surface area contributed by atoms with Crippen molar-refractivity contribution in [2.24, 2.45) is 11.5 Å². The number of aliphatic hydroxyl groups is 1. The van der Waals surface area contributed by atoms with Crippen molar-refractivity contribution in [2.45, 2.75) is 72.8 Å². The molecule has 1 atom stereocenters. The number of imide groups is 1. The molecule has 4 aromatic heterocycles. The van der Waals surface area contributed by atoms with Gasteiger partial charge in [0.25, 0.3) is 23.6 Å². The van der Waals surface area contributed by atoms with Crippen molar-refractivity contribution in [1.82, 2.24) is 43.7 Å². The van der Waals surface area contributed by atoms with Crippen LogP contribution in [0.5, 0.6) is 11.5 Å². The van der Waals surface area contributed by atoms with E-state index in [4.69, 9.17) is 25.9 Å². The molecule has 0 saturated heterocycles. The molecule has 0 fully saturated rings. The van der Waals surface area contributed by atoms with Crippen LogP contribution in [0.4, 0.5) is 11.9 Å². The van der Waals surface area contributed by atoms with Gasteiger partial charge in [-0.2, -0.15) is 5.10 Å². The van der Waals surface area contributed by atoms with Gasteiger partial charge in [-0.05, 0) is 63.9 Å². The fraction of sp³-hybridized carbons (Fsp3) is 0.348. The Labute approximate surface area is 399 Å². The summed E-state index contributed by atoms with van der Waals surface area (Å²) in [6.07, 6.45) is 5.42. The molecular formula is C46H53N13O9S. The normalized spacial score (nSPS) is 13.0. The number of ether oxygens (including phenoxy) is 2. The molecule has 0 saturated carbocycles. The van der Waals surface area contributed by atoms with Crippen molar-refractivity contribution < 1.29 is 43.3 Å². The molecule has 69 heavy (non-hydrogen) atoms. The lowest BCUT2D eigenvalue weighted by Gasteiger charge is -2.20. The van der Waals surface area contributed by atoms with Gasteiger partial charge in [-0.3, -0.25) is 49.0 Å². The molecule has 5 heterocycles. The Balaban J connectivity index is 1.20. The standard InChI is InChI=1S/C46H53N13O9S/c1-7-29-40(69-26(4)49-29)44(66)53-46-51-31-22-28(42(48)64)24-34(68-19-11-15-55(5)35(60)14-18-56-36(61)12-13-37(56)62)39(31)58(46)17-10-9-16-57-38-30(21-27(41(47)63)23-33(38)67-6)50-45(57)52-43(65)32-20-25(3)54-59(32)8-2/h9-10,12-13,20-24,42,64H,7-8,11,14-19,48H2,1-6H3,(H2,47,63)(H,50,52,65)(H,51,53,66)/b10-9+. The first-order chi connectivity index (χ1) is 33.0. The number of rotatable bonds is 21. The number of anilines is 2. The highest BCUT2D eigenvalue weighted by atomic mass is 32.1. The number of carbonyl (C=O) groups excluding carboxylic acids is 6. The van der Waals surface area contributed by atoms with Crippen LogP contribution >= 0.6 is 11.3 Å². The zero-order valence-electron chi connectivity index (χ0n) is 38.9. The van der Waals surface area contributed by atoms with E-state index < -0.39 is 35.8 Å². The van der Waals surface area contributed by atoms with Crippen LogP contribution in [-0.2, 0) is 40.4 Å². The predicted octanol–water partition coefficient (Wildman–Crippen LogP) is 3.60. The number of allylic oxidation sites excluding steroid dienone is 2. The average Bonchev–Trinajstić information content (AvgIpc) is 4.14. The molecule has 1 unspecified atom stereocenters. The number of nitrogens with two attached hydrogens (primary N) is 2. The Hall–Kier alpha value is -7.76. The zero-order valence-corrected chi connectivity index (χ0v) is 39.8. The number of methoxy groups -OCH3 is 1. The molecule has 1 aliphatic heterocycles. The largest absolute Gasteiger partial charge is 0.494 e. The summed E-state index contributed by atoms with van der Waals surface area (Å²) in [5, 5.41) is 21.5. The maximum Gasteiger partial charge on any atom is 0.276 e. The Morgan fingerprint density at radius 2 is 1.54 bits per heavy atom. The number of hydrogen-bond donors (Lipinski definition) is 5. The van der Waals surface area contributed by atoms with E-state index in [1.165, 1.54) is 47.6 Å². The third-order valence-corrected chi connectivity index (χ3v) is 12.2. The number of fused-ring (bicyclic) bond motifs is 2. The monoisotopic (exact) mass is 963 g/mol. The first-order valence-corrected chi connectivity index (χ1v) is 22.9. The molecule has 23 heteroatoms. The van der Waals surface area contributed by atoms with E-state index in [0.29, 0.717) is 69.0 Å². The Kier molecular flexibility index (Phi) is 15.0. The maximum absolute atomic E-state index is 13.9. The average molecular weight is 964 g/mol. The summed E-state index contributed by atoms with van der Waals surface area (Å²) in [6.45, 7) is 8.42.